The molecule has 6 amide bonds. The second-order valence-corrected chi connectivity index (χ2v) is 34.5. The number of nitrogens with two attached hydrogens (primary N) is 4. The van der Waals surface area contributed by atoms with E-state index in [1.54, 1.807) is 73.3 Å². The van der Waals surface area contributed by atoms with Crippen molar-refractivity contribution in [1.82, 2.24) is 76.6 Å². The Morgan fingerprint density at radius 2 is 0.743 bits per heavy atom. The molecule has 12 aromatic rings. The molecule has 10 heterocycles. The van der Waals surface area contributed by atoms with Gasteiger partial charge < -0.3 is 64.3 Å². The maximum absolute atomic E-state index is 15.1. The summed E-state index contributed by atoms with van der Waals surface area (Å²) in [7, 11) is 0. The van der Waals surface area contributed by atoms with Crippen LogP contribution in [0.4, 0.5) is 49.6 Å². The van der Waals surface area contributed by atoms with Gasteiger partial charge in [-0.15, -0.1) is 0 Å². The molecule has 6 aliphatic heterocycles. The van der Waals surface area contributed by atoms with Crippen LogP contribution < -0.4 is 54.8 Å². The first-order chi connectivity index (χ1) is 66.0. The van der Waals surface area contributed by atoms with Crippen LogP contribution >= 0.6 is 0 Å². The molecule has 0 spiro atoms. The number of carbonyl (C=O) groups excluding carboxylic acids is 6. The smallest absolute Gasteiger partial charge is 0.254 e. The van der Waals surface area contributed by atoms with Gasteiger partial charge in [-0.3, -0.25) is 38.6 Å². The second kappa shape index (κ2) is 46.0. The minimum Gasteiger partial charge on any atom is -0.383 e. The Morgan fingerprint density at radius 1 is 0.382 bits per heavy atom. The van der Waals surface area contributed by atoms with Gasteiger partial charge in [0.25, 0.3) is 23.6 Å². The summed E-state index contributed by atoms with van der Waals surface area (Å²) in [6, 6.07) is 51.3. The van der Waals surface area contributed by atoms with Gasteiger partial charge in [0.1, 0.15) is 75.3 Å². The van der Waals surface area contributed by atoms with Crippen molar-refractivity contribution < 1.29 is 64.6 Å². The average Bonchev–Trinajstić information content (AvgIpc) is 0.810. The van der Waals surface area contributed by atoms with E-state index in [2.05, 4.69) is 76.6 Å². The lowest BCUT2D eigenvalue weighted by atomic mass is 9.90. The molecule has 4 aromatic heterocycles. The van der Waals surface area contributed by atoms with Gasteiger partial charge in [0, 0.05) is 167 Å². The van der Waals surface area contributed by atoms with E-state index in [1.807, 2.05) is 78.9 Å². The molecule has 27 nitrogen and oxygen atoms in total. The van der Waals surface area contributed by atoms with Gasteiger partial charge >= 0.3 is 0 Å². The van der Waals surface area contributed by atoms with Gasteiger partial charge in [-0.1, -0.05) is 121 Å². The Balaban J connectivity index is 0.000000138. The number of likely N-dealkylation sites (tertiary alicyclic amines) is 2. The van der Waals surface area contributed by atoms with Gasteiger partial charge in [0.15, 0.2) is 0 Å². The van der Waals surface area contributed by atoms with Crippen LogP contribution in [-0.4, -0.2) is 158 Å². The Labute approximate surface area is 783 Å². The predicted molar refractivity (Wildman–Crippen MR) is 505 cm³/mol. The van der Waals surface area contributed by atoms with Crippen molar-refractivity contribution in [2.45, 2.75) is 139 Å². The second-order valence-electron chi connectivity index (χ2n) is 34.5. The zero-order valence-corrected chi connectivity index (χ0v) is 74.9. The fraction of sp³-hybridized carbons (Fsp3) is 0.311. The van der Waals surface area contributed by atoms with Gasteiger partial charge in [0.05, 0.1) is 57.9 Å². The minimum absolute atomic E-state index is 0.0167. The lowest BCUT2D eigenvalue weighted by molar-refractivity contribution is -0.123. The highest BCUT2D eigenvalue weighted by atomic mass is 19.1. The first-order valence-corrected chi connectivity index (χ1v) is 45.7. The highest BCUT2D eigenvalue weighted by Gasteiger charge is 2.31. The van der Waals surface area contributed by atoms with Crippen LogP contribution in [0.3, 0.4) is 0 Å². The molecule has 2 unspecified atom stereocenters. The largest absolute Gasteiger partial charge is 0.383 e. The van der Waals surface area contributed by atoms with E-state index < -0.39 is 46.9 Å². The number of hydrogen-bond acceptors (Lipinski definition) is 21. The topological polar surface area (TPSA) is 394 Å². The van der Waals surface area contributed by atoms with Crippen LogP contribution in [0, 0.1) is 34.9 Å². The number of pyridine rings is 1. The SMILES string of the molecule is Nc1ncc(C2CCC(=O)NC2)cc1-c1ccc(C(=O)NCc2ccccc2)c(F)c1.Nc1ncc(C2CCC(=O)NC2)nc1-c1ccc(C(=O)NCc2ccccc2)c(F)c1.Nc1ncc(C2CCOCC2)nc1-c1ccc(C(=O)N[C@@H]2CCCN(Cc3ccccc3F)C2)c(F)c1.Nc1ncc(C2CCOCC2)nc1-c1ccc(C(=O)N[C@H]2CCCN(Cc3ccccc3F)C2)c(F)c1. The van der Waals surface area contributed by atoms with E-state index in [-0.39, 0.29) is 105 Å². The molecule has 8 aromatic carbocycles. The first-order valence-electron chi connectivity index (χ1n) is 45.7. The van der Waals surface area contributed by atoms with Crippen LogP contribution in [0.2, 0.25) is 0 Å². The van der Waals surface area contributed by atoms with Crippen molar-refractivity contribution >= 4 is 58.7 Å². The zero-order valence-electron chi connectivity index (χ0n) is 74.9. The lowest BCUT2D eigenvalue weighted by Gasteiger charge is -2.33. The Hall–Kier alpha value is -14.4. The monoisotopic (exact) mass is 1850 g/mol. The summed E-state index contributed by atoms with van der Waals surface area (Å²) in [6.07, 6.45) is 15.6. The van der Waals surface area contributed by atoms with Crippen LogP contribution in [-0.2, 0) is 45.2 Å². The van der Waals surface area contributed by atoms with E-state index in [9.17, 15) is 46.3 Å². The quantitative estimate of drug-likeness (QED) is 0.0282. The minimum atomic E-state index is -0.667. The number of nitrogen functional groups attached to an aromatic ring is 4. The summed E-state index contributed by atoms with van der Waals surface area (Å²) in [4.78, 5) is 109. The maximum Gasteiger partial charge on any atom is 0.254 e. The number of benzene rings is 8. The van der Waals surface area contributed by atoms with Crippen LogP contribution in [0.25, 0.3) is 44.9 Å². The molecule has 4 atom stereocenters. The molecule has 704 valence electrons. The van der Waals surface area contributed by atoms with E-state index >= 15 is 8.78 Å². The summed E-state index contributed by atoms with van der Waals surface area (Å²) in [5, 5.41) is 17.0. The third-order valence-corrected chi connectivity index (χ3v) is 25.1. The zero-order chi connectivity index (χ0) is 95.1. The number of aromatic nitrogens is 7. The summed E-state index contributed by atoms with van der Waals surface area (Å²) in [5.74, 6) is -3.44. The number of hydrogen-bond donors (Lipinski definition) is 10. The van der Waals surface area contributed by atoms with Crippen LogP contribution in [0.5, 0.6) is 0 Å². The molecule has 6 saturated heterocycles. The number of nitrogens with one attached hydrogen (secondary N) is 6. The number of ether oxygens (including phenoxy) is 2. The molecule has 6 aliphatic rings. The van der Waals surface area contributed by atoms with Gasteiger partial charge in [-0.2, -0.15) is 0 Å². The Kier molecular flexibility index (Phi) is 32.5. The number of rotatable bonds is 22. The highest BCUT2D eigenvalue weighted by Crippen LogP contribution is 2.37. The fourth-order valence-corrected chi connectivity index (χ4v) is 17.4. The molecule has 14 N–H and O–H groups in total. The summed E-state index contributed by atoms with van der Waals surface area (Å²) in [6.45, 7) is 8.06. The normalized spacial score (nSPS) is 17.6. The predicted octanol–water partition coefficient (Wildman–Crippen LogP) is 14.8. The van der Waals surface area contributed by atoms with Crippen molar-refractivity contribution in [2.75, 3.05) is 88.6 Å². The van der Waals surface area contributed by atoms with E-state index in [1.165, 1.54) is 60.7 Å². The molecule has 0 saturated carbocycles. The molecule has 136 heavy (non-hydrogen) atoms. The Morgan fingerprint density at radius 3 is 1.13 bits per heavy atom. The number of nitrogens with zero attached hydrogens (tertiary/aromatic N) is 9. The lowest BCUT2D eigenvalue weighted by Crippen LogP contribution is -2.47. The highest BCUT2D eigenvalue weighted by molar-refractivity contribution is 5.98. The van der Waals surface area contributed by atoms with E-state index in [4.69, 9.17) is 32.4 Å². The van der Waals surface area contributed by atoms with Crippen LogP contribution in [0.15, 0.2) is 213 Å². The van der Waals surface area contributed by atoms with Crippen LogP contribution in [0.1, 0.15) is 187 Å². The molecule has 0 bridgehead atoms. The van der Waals surface area contributed by atoms with Crippen molar-refractivity contribution in [3.05, 3.63) is 315 Å². The van der Waals surface area contributed by atoms with Crippen molar-refractivity contribution in [3.63, 3.8) is 0 Å². The molecule has 33 heteroatoms. The molecule has 0 aliphatic carbocycles. The van der Waals surface area contributed by atoms with E-state index in [0.717, 1.165) is 99.0 Å². The molecular formula is C103H107F6N19O8. The van der Waals surface area contributed by atoms with Gasteiger partial charge in [-0.25, -0.2) is 61.2 Å². The van der Waals surface area contributed by atoms with Gasteiger partial charge in [-0.05, 0) is 166 Å². The maximum atomic E-state index is 15.1. The van der Waals surface area contributed by atoms with Crippen molar-refractivity contribution in [3.8, 4) is 44.9 Å². The summed E-state index contributed by atoms with van der Waals surface area (Å²) < 4.78 is 98.7. The van der Waals surface area contributed by atoms with Crippen molar-refractivity contribution in [1.29, 1.82) is 0 Å². The molecule has 0 radical (unpaired) electrons. The van der Waals surface area contributed by atoms with Gasteiger partial charge in [0.2, 0.25) is 11.8 Å². The number of anilines is 4. The fourth-order valence-electron chi connectivity index (χ4n) is 17.4. The number of carbonyl (C=O) groups is 6. The number of amides is 6. The standard InChI is InChI=1S/2C28H31F2N5O2.C24H23FN4O2.C23H22FN5O2/c2*29-23-6-2-1-4-20(23)16-35-11-3-5-21(17-35)33-28(36)22-8-7-19(14-24(22)30)26-27(31)32-15-25(34-26)18-9-12-37-13-10-18;25-21-11-16(6-8-19(21)24(31)29-12-15-4-2-1-3-5-15)20-10-18(14-28-23(20)26)17-7-9-22(30)27-13-17;24-18-10-15(6-8-17(18)23(31)28-11-14-4-2-1-3-5-14)21-22(25)27-13-19(29-21)16-7-9-20(30)26-12-16/h2*1-2,4,6-8,14-15,18,21H,3,5,9-13,16-17H2,(H2,31,32)(H,33,36);1-6,8,10-11,14,17H,7,9,12-13H2,(H2,26,28)(H,27,30)(H,29,31);1-6,8,10,13,16H,7,9,11-12H2,(H2,25,27)(H,26,30)(H,28,31)/t2*21-;;/m10../s1. The third-order valence-electron chi connectivity index (χ3n) is 25.1. The summed E-state index contributed by atoms with van der Waals surface area (Å²) >= 11 is 0. The van der Waals surface area contributed by atoms with Crippen molar-refractivity contribution in [2.24, 2.45) is 0 Å². The molecule has 6 fully saturated rings. The average molecular weight is 1850 g/mol. The van der Waals surface area contributed by atoms with E-state index in [0.29, 0.717) is 160 Å². The Bertz CT molecular complexity index is 5870. The third kappa shape index (κ3) is 25.3. The summed E-state index contributed by atoms with van der Waals surface area (Å²) in [5.41, 5.74) is 34.1. The molecular weight excluding hydrogens is 1750 g/mol. The number of piperidine rings is 4. The number of halogens is 6. The molecule has 18 rings (SSSR count). The first kappa shape index (κ1) is 96.2.